The SMILES string of the molecule is CCOC(=O)c1c(C)oc2nc(CCl)nc(N)c12. The summed E-state index contributed by atoms with van der Waals surface area (Å²) in [6.45, 7) is 3.64. The van der Waals surface area contributed by atoms with Crippen molar-refractivity contribution in [3.63, 3.8) is 0 Å². The molecule has 0 radical (unpaired) electrons. The highest BCUT2D eigenvalue weighted by Gasteiger charge is 2.23. The number of carbonyl (C=O) groups excluding carboxylic acids is 1. The third-order valence-corrected chi connectivity index (χ3v) is 2.64. The largest absolute Gasteiger partial charge is 0.462 e. The molecule has 0 aliphatic rings. The molecule has 0 saturated carbocycles. The molecular weight excluding hydrogens is 258 g/mol. The summed E-state index contributed by atoms with van der Waals surface area (Å²) in [4.78, 5) is 19.9. The summed E-state index contributed by atoms with van der Waals surface area (Å²) in [5.74, 6) is 0.537. The van der Waals surface area contributed by atoms with Crippen molar-refractivity contribution in [2.75, 3.05) is 12.3 Å². The van der Waals surface area contributed by atoms with Gasteiger partial charge in [0.25, 0.3) is 0 Å². The Bertz CT molecular complexity index is 609. The number of rotatable bonds is 3. The summed E-state index contributed by atoms with van der Waals surface area (Å²) in [6, 6.07) is 0. The Kier molecular flexibility index (Phi) is 3.38. The molecule has 0 fully saturated rings. The van der Waals surface area contributed by atoms with Crippen LogP contribution >= 0.6 is 11.6 Å². The summed E-state index contributed by atoms with van der Waals surface area (Å²) in [7, 11) is 0. The standard InChI is InChI=1S/C11H12ClN3O3/c1-3-17-11(16)7-5(2)18-10-8(7)9(13)14-6(4-12)15-10/h3-4H2,1-2H3,(H2,13,14,15). The van der Waals surface area contributed by atoms with Gasteiger partial charge in [-0.15, -0.1) is 11.6 Å². The number of nitrogens with zero attached hydrogens (tertiary/aromatic N) is 2. The van der Waals surface area contributed by atoms with Gasteiger partial charge in [0.05, 0.1) is 17.9 Å². The van der Waals surface area contributed by atoms with E-state index in [1.54, 1.807) is 13.8 Å². The number of aryl methyl sites for hydroxylation is 1. The van der Waals surface area contributed by atoms with Crippen LogP contribution in [-0.2, 0) is 10.6 Å². The number of furan rings is 1. The van der Waals surface area contributed by atoms with Crippen LogP contribution in [-0.4, -0.2) is 22.5 Å². The smallest absolute Gasteiger partial charge is 0.342 e. The number of nitrogen functional groups attached to an aromatic ring is 1. The van der Waals surface area contributed by atoms with Crippen LogP contribution in [0.15, 0.2) is 4.42 Å². The fourth-order valence-corrected chi connectivity index (χ4v) is 1.81. The summed E-state index contributed by atoms with van der Waals surface area (Å²) in [6.07, 6.45) is 0. The van der Waals surface area contributed by atoms with E-state index in [9.17, 15) is 4.79 Å². The minimum atomic E-state index is -0.498. The van der Waals surface area contributed by atoms with Gasteiger partial charge in [-0.05, 0) is 13.8 Å². The zero-order chi connectivity index (χ0) is 13.3. The number of alkyl halides is 1. The molecule has 0 spiro atoms. The lowest BCUT2D eigenvalue weighted by molar-refractivity contribution is 0.0526. The third kappa shape index (κ3) is 1.99. The fourth-order valence-electron chi connectivity index (χ4n) is 1.69. The average molecular weight is 270 g/mol. The summed E-state index contributed by atoms with van der Waals surface area (Å²) < 4.78 is 10.3. The lowest BCUT2D eigenvalue weighted by Crippen LogP contribution is -2.07. The third-order valence-electron chi connectivity index (χ3n) is 2.40. The van der Waals surface area contributed by atoms with E-state index in [2.05, 4.69) is 9.97 Å². The van der Waals surface area contributed by atoms with Crippen molar-refractivity contribution in [1.29, 1.82) is 0 Å². The second kappa shape index (κ2) is 4.81. The highest BCUT2D eigenvalue weighted by Crippen LogP contribution is 2.28. The molecule has 0 aromatic carbocycles. The zero-order valence-corrected chi connectivity index (χ0v) is 10.7. The zero-order valence-electron chi connectivity index (χ0n) is 9.99. The number of halogens is 1. The first-order chi connectivity index (χ1) is 8.58. The van der Waals surface area contributed by atoms with Crippen LogP contribution < -0.4 is 5.73 Å². The van der Waals surface area contributed by atoms with Gasteiger partial charge in [-0.3, -0.25) is 0 Å². The molecule has 6 nitrogen and oxygen atoms in total. The van der Waals surface area contributed by atoms with Gasteiger partial charge in [-0.25, -0.2) is 9.78 Å². The highest BCUT2D eigenvalue weighted by atomic mass is 35.5. The quantitative estimate of drug-likeness (QED) is 0.677. The molecule has 0 aliphatic carbocycles. The summed E-state index contributed by atoms with van der Waals surface area (Å²) in [5, 5.41) is 0.375. The van der Waals surface area contributed by atoms with E-state index in [1.807, 2.05) is 0 Å². The minimum Gasteiger partial charge on any atom is -0.462 e. The second-order valence-corrected chi connectivity index (χ2v) is 3.86. The Balaban J connectivity index is 2.67. The number of hydrogen-bond acceptors (Lipinski definition) is 6. The maximum Gasteiger partial charge on any atom is 0.342 e. The van der Waals surface area contributed by atoms with Crippen LogP contribution in [0.2, 0.25) is 0 Å². The number of hydrogen-bond donors (Lipinski definition) is 1. The number of ether oxygens (including phenoxy) is 1. The predicted molar refractivity (Wildman–Crippen MR) is 66.5 cm³/mol. The molecule has 96 valence electrons. The molecule has 0 unspecified atom stereocenters. The molecule has 18 heavy (non-hydrogen) atoms. The van der Waals surface area contributed by atoms with Crippen molar-refractivity contribution in [3.05, 3.63) is 17.1 Å². The average Bonchev–Trinajstić information content (AvgIpc) is 2.66. The van der Waals surface area contributed by atoms with Crippen molar-refractivity contribution < 1.29 is 13.9 Å². The minimum absolute atomic E-state index is 0.120. The van der Waals surface area contributed by atoms with Gasteiger partial charge in [0.1, 0.15) is 23.0 Å². The normalized spacial score (nSPS) is 10.8. The molecule has 0 bridgehead atoms. The number of nitrogens with two attached hydrogens (primary N) is 1. The van der Waals surface area contributed by atoms with E-state index in [-0.39, 0.29) is 29.6 Å². The predicted octanol–water partition coefficient (Wildman–Crippen LogP) is 2.03. The molecule has 2 N–H and O–H groups in total. The van der Waals surface area contributed by atoms with Gasteiger partial charge >= 0.3 is 5.97 Å². The number of aromatic nitrogens is 2. The second-order valence-electron chi connectivity index (χ2n) is 3.59. The van der Waals surface area contributed by atoms with Crippen LogP contribution in [0.4, 0.5) is 5.82 Å². The van der Waals surface area contributed by atoms with Gasteiger partial charge < -0.3 is 14.9 Å². The Morgan fingerprint density at radius 1 is 1.50 bits per heavy atom. The van der Waals surface area contributed by atoms with Crippen molar-refractivity contribution in [3.8, 4) is 0 Å². The highest BCUT2D eigenvalue weighted by molar-refractivity contribution is 6.17. The molecule has 2 aromatic heterocycles. The Labute approximate surface area is 108 Å². The first-order valence-corrected chi connectivity index (χ1v) is 5.90. The Morgan fingerprint density at radius 3 is 2.83 bits per heavy atom. The molecule has 0 aliphatic heterocycles. The molecule has 2 rings (SSSR count). The van der Waals surface area contributed by atoms with E-state index in [1.165, 1.54) is 0 Å². The van der Waals surface area contributed by atoms with E-state index in [4.69, 9.17) is 26.5 Å². The number of fused-ring (bicyclic) bond motifs is 1. The van der Waals surface area contributed by atoms with Crippen molar-refractivity contribution in [2.24, 2.45) is 0 Å². The van der Waals surface area contributed by atoms with Crippen molar-refractivity contribution in [1.82, 2.24) is 9.97 Å². The number of carbonyl (C=O) groups is 1. The van der Waals surface area contributed by atoms with Gasteiger partial charge in [-0.2, -0.15) is 4.98 Å². The summed E-state index contributed by atoms with van der Waals surface area (Å²) in [5.41, 5.74) is 6.32. The first kappa shape index (κ1) is 12.6. The van der Waals surface area contributed by atoms with Crippen molar-refractivity contribution >= 4 is 34.5 Å². The van der Waals surface area contributed by atoms with E-state index >= 15 is 0 Å². The lowest BCUT2D eigenvalue weighted by atomic mass is 10.2. The molecule has 0 amide bonds. The maximum atomic E-state index is 11.8. The maximum absolute atomic E-state index is 11.8. The topological polar surface area (TPSA) is 91.2 Å². The van der Waals surface area contributed by atoms with E-state index in [0.717, 1.165) is 0 Å². The molecule has 2 heterocycles. The molecule has 2 aromatic rings. The number of esters is 1. The molecule has 7 heteroatoms. The van der Waals surface area contributed by atoms with Gasteiger partial charge in [0, 0.05) is 0 Å². The fraction of sp³-hybridized carbons (Fsp3) is 0.364. The molecule has 0 atom stereocenters. The van der Waals surface area contributed by atoms with E-state index < -0.39 is 5.97 Å². The van der Waals surface area contributed by atoms with Gasteiger partial charge in [0.15, 0.2) is 0 Å². The Morgan fingerprint density at radius 2 is 2.22 bits per heavy atom. The van der Waals surface area contributed by atoms with Crippen LogP contribution in [0.5, 0.6) is 0 Å². The lowest BCUT2D eigenvalue weighted by Gasteiger charge is -2.02. The summed E-state index contributed by atoms with van der Waals surface area (Å²) >= 11 is 5.64. The first-order valence-electron chi connectivity index (χ1n) is 5.37. The van der Waals surface area contributed by atoms with Gasteiger partial charge in [-0.1, -0.05) is 0 Å². The number of anilines is 1. The van der Waals surface area contributed by atoms with Gasteiger partial charge in [0.2, 0.25) is 5.71 Å². The van der Waals surface area contributed by atoms with Crippen LogP contribution in [0.3, 0.4) is 0 Å². The van der Waals surface area contributed by atoms with Crippen molar-refractivity contribution in [2.45, 2.75) is 19.7 Å². The Hall–Kier alpha value is -1.82. The molecular formula is C11H12ClN3O3. The van der Waals surface area contributed by atoms with Crippen LogP contribution in [0, 0.1) is 6.92 Å². The monoisotopic (exact) mass is 269 g/mol. The van der Waals surface area contributed by atoms with Crippen LogP contribution in [0.25, 0.3) is 11.1 Å². The van der Waals surface area contributed by atoms with Crippen LogP contribution in [0.1, 0.15) is 28.9 Å². The molecule has 0 saturated heterocycles. The van der Waals surface area contributed by atoms with E-state index in [0.29, 0.717) is 17.0 Å².